The van der Waals surface area contributed by atoms with E-state index in [1.807, 2.05) is 6.07 Å². The first kappa shape index (κ1) is 38.5. The normalized spacial score (nSPS) is 12.3. The lowest BCUT2D eigenvalue weighted by molar-refractivity contribution is 0.481. The van der Waals surface area contributed by atoms with Gasteiger partial charge in [-0.1, -0.05) is 136 Å². The topological polar surface area (TPSA) is 54.4 Å². The van der Waals surface area contributed by atoms with Crippen LogP contribution in [0.15, 0.2) is 29.2 Å². The highest BCUT2D eigenvalue weighted by Gasteiger charge is 2.21. The molecule has 39 heavy (non-hydrogen) atoms. The summed E-state index contributed by atoms with van der Waals surface area (Å²) in [7, 11) is -4.34. The zero-order chi connectivity index (χ0) is 29.2. The van der Waals surface area contributed by atoms with Crippen LogP contribution in [0.2, 0.25) is 0 Å². The fourth-order valence-corrected chi connectivity index (χ4v) is 10.8. The van der Waals surface area contributed by atoms with E-state index in [2.05, 4.69) is 34.6 Å². The van der Waals surface area contributed by atoms with Crippen LogP contribution in [-0.2, 0) is 16.5 Å². The maximum atomic E-state index is 11.3. The maximum Gasteiger partial charge on any atom is 0.294 e. The molecule has 0 aliphatic heterocycles. The number of aryl methyl sites for hydroxylation is 1. The predicted octanol–water partition coefficient (Wildman–Crippen LogP) is 11.4. The van der Waals surface area contributed by atoms with Gasteiger partial charge in [-0.15, -0.1) is 0 Å². The van der Waals surface area contributed by atoms with Crippen LogP contribution in [0.1, 0.15) is 156 Å². The molecule has 232 valence electrons. The van der Waals surface area contributed by atoms with E-state index in [0.717, 1.165) is 18.4 Å². The van der Waals surface area contributed by atoms with Gasteiger partial charge in [0.25, 0.3) is 10.1 Å². The molecule has 3 nitrogen and oxygen atoms in total. The Morgan fingerprint density at radius 2 is 0.872 bits per heavy atom. The number of hydrogen-bond donors (Lipinski definition) is 1. The average molecular weight is 587 g/mol. The van der Waals surface area contributed by atoms with Gasteiger partial charge in [-0.05, 0) is 73.2 Å². The fraction of sp³-hybridized carbons (Fsp3) is 0.824. The standard InChI is InChI=1S/C18H30O3S.C16H36S/c1-2-3-4-5-6-7-8-9-10-11-14-17-15-12-13-16-18(17)22(19,20)21;1-5-9-13-17(14-10-6-2,15-11-7-3)16-12-8-4/h12-13,15-16H,2-11,14H2,1H3,(H,19,20,21);5-16H2,1-4H3. The predicted molar refractivity (Wildman–Crippen MR) is 178 cm³/mol. The third-order valence-corrected chi connectivity index (χ3v) is 13.3. The van der Waals surface area contributed by atoms with Gasteiger partial charge in [0.05, 0.1) is 4.90 Å². The van der Waals surface area contributed by atoms with E-state index >= 15 is 0 Å². The molecule has 0 heterocycles. The Kier molecular flexibility index (Phi) is 24.9. The molecule has 1 N–H and O–H groups in total. The molecule has 1 rings (SSSR count). The van der Waals surface area contributed by atoms with E-state index in [0.29, 0.717) is 6.42 Å². The first-order valence-electron chi connectivity index (χ1n) is 16.6. The van der Waals surface area contributed by atoms with Crippen LogP contribution < -0.4 is 0 Å². The molecule has 5 heteroatoms. The highest BCUT2D eigenvalue weighted by Crippen LogP contribution is 2.51. The van der Waals surface area contributed by atoms with Gasteiger partial charge in [0.2, 0.25) is 0 Å². The Bertz CT molecular complexity index is 739. The molecule has 0 saturated carbocycles. The van der Waals surface area contributed by atoms with Crippen molar-refractivity contribution in [2.45, 2.75) is 162 Å². The summed E-state index contributed by atoms with van der Waals surface area (Å²) in [6, 6.07) is 6.73. The summed E-state index contributed by atoms with van der Waals surface area (Å²) < 4.78 is 31.8. The van der Waals surface area contributed by atoms with E-state index < -0.39 is 10.1 Å². The first-order chi connectivity index (χ1) is 18.8. The van der Waals surface area contributed by atoms with Gasteiger partial charge >= 0.3 is 0 Å². The number of unbranched alkanes of at least 4 members (excludes halogenated alkanes) is 13. The number of rotatable bonds is 24. The van der Waals surface area contributed by atoms with Crippen LogP contribution >= 0.6 is 10.0 Å². The summed E-state index contributed by atoms with van der Waals surface area (Å²) in [6.45, 7) is 11.6. The Balaban J connectivity index is 0.000000768. The van der Waals surface area contributed by atoms with Crippen LogP contribution in [0.5, 0.6) is 0 Å². The van der Waals surface area contributed by atoms with Crippen molar-refractivity contribution in [3.8, 4) is 0 Å². The van der Waals surface area contributed by atoms with Gasteiger partial charge in [-0.25, -0.2) is 10.0 Å². The molecule has 0 radical (unpaired) electrons. The van der Waals surface area contributed by atoms with E-state index in [1.54, 1.807) is 35.1 Å². The zero-order valence-corrected chi connectivity index (χ0v) is 28.3. The van der Waals surface area contributed by atoms with E-state index in [1.165, 1.54) is 109 Å². The molecule has 0 unspecified atom stereocenters. The molecule has 0 amide bonds. The Labute approximate surface area is 246 Å². The minimum atomic E-state index is -4.10. The van der Waals surface area contributed by atoms with Crippen molar-refractivity contribution < 1.29 is 13.0 Å². The molecule has 0 aliphatic rings. The van der Waals surface area contributed by atoms with Gasteiger partial charge in [-0.3, -0.25) is 4.55 Å². The summed E-state index contributed by atoms with van der Waals surface area (Å²) in [6.07, 6.45) is 24.8. The van der Waals surface area contributed by atoms with Gasteiger partial charge in [0.15, 0.2) is 0 Å². The molecule has 0 atom stereocenters. The zero-order valence-electron chi connectivity index (χ0n) is 26.7. The van der Waals surface area contributed by atoms with Crippen molar-refractivity contribution in [1.82, 2.24) is 0 Å². The second-order valence-corrected chi connectivity index (χ2v) is 16.9. The lowest BCUT2D eigenvalue weighted by Crippen LogP contribution is -2.18. The van der Waals surface area contributed by atoms with Crippen molar-refractivity contribution in [3.63, 3.8) is 0 Å². The third-order valence-electron chi connectivity index (χ3n) is 7.77. The van der Waals surface area contributed by atoms with Crippen LogP contribution in [-0.4, -0.2) is 36.0 Å². The molecule has 0 spiro atoms. The SMILES string of the molecule is CCCCCCCCCCCCc1ccccc1S(=O)(=O)O.CCCCS(CCCC)(CCCC)CCCC. The van der Waals surface area contributed by atoms with E-state index in [-0.39, 0.29) is 14.9 Å². The number of hydrogen-bond acceptors (Lipinski definition) is 2. The minimum absolute atomic E-state index is 0.0610. The lowest BCUT2D eigenvalue weighted by atomic mass is 10.0. The fourth-order valence-electron chi connectivity index (χ4n) is 5.18. The van der Waals surface area contributed by atoms with Crippen molar-refractivity contribution in [2.24, 2.45) is 0 Å². The summed E-state index contributed by atoms with van der Waals surface area (Å²) in [4.78, 5) is 0.0610. The van der Waals surface area contributed by atoms with Gasteiger partial charge < -0.3 is 0 Å². The molecule has 0 aliphatic carbocycles. The first-order valence-corrected chi connectivity index (χ1v) is 20.3. The van der Waals surface area contributed by atoms with Gasteiger partial charge in [-0.2, -0.15) is 8.42 Å². The van der Waals surface area contributed by atoms with Crippen LogP contribution in [0, 0.1) is 0 Å². The largest absolute Gasteiger partial charge is 0.294 e. The molecule has 0 bridgehead atoms. The summed E-state index contributed by atoms with van der Waals surface area (Å²) in [5.74, 6) is 6.29. The molecular weight excluding hydrogens is 521 g/mol. The van der Waals surface area contributed by atoms with Crippen LogP contribution in [0.4, 0.5) is 0 Å². The third kappa shape index (κ3) is 20.1. The molecule has 0 fully saturated rings. The highest BCUT2D eigenvalue weighted by molar-refractivity contribution is 8.33. The van der Waals surface area contributed by atoms with Gasteiger partial charge in [0, 0.05) is 0 Å². The van der Waals surface area contributed by atoms with E-state index in [4.69, 9.17) is 0 Å². The summed E-state index contributed by atoms with van der Waals surface area (Å²) >= 11 is 0. The monoisotopic (exact) mass is 586 g/mol. The average Bonchev–Trinajstić information content (AvgIpc) is 2.93. The molecular formula is C34H66O3S2. The van der Waals surface area contributed by atoms with Crippen molar-refractivity contribution >= 4 is 20.1 Å². The maximum absolute atomic E-state index is 11.3. The van der Waals surface area contributed by atoms with Crippen LogP contribution in [0.25, 0.3) is 0 Å². The number of benzene rings is 1. The van der Waals surface area contributed by atoms with Crippen molar-refractivity contribution in [2.75, 3.05) is 23.0 Å². The summed E-state index contributed by atoms with van der Waals surface area (Å²) in [5, 5.41) is 0. The van der Waals surface area contributed by atoms with Crippen molar-refractivity contribution in [3.05, 3.63) is 29.8 Å². The molecule has 1 aromatic carbocycles. The Hall–Kier alpha value is -0.520. The molecule has 0 aromatic heterocycles. The second-order valence-electron chi connectivity index (χ2n) is 11.5. The minimum Gasteiger partial charge on any atom is -0.282 e. The smallest absolute Gasteiger partial charge is 0.282 e. The second kappa shape index (κ2) is 25.2. The lowest BCUT2D eigenvalue weighted by Gasteiger charge is -2.41. The highest BCUT2D eigenvalue weighted by atomic mass is 32.3. The summed E-state index contributed by atoms with van der Waals surface area (Å²) in [5.41, 5.74) is 0.726. The molecule has 0 saturated heterocycles. The van der Waals surface area contributed by atoms with E-state index in [9.17, 15) is 13.0 Å². The van der Waals surface area contributed by atoms with Crippen molar-refractivity contribution in [1.29, 1.82) is 0 Å². The Morgan fingerprint density at radius 1 is 0.513 bits per heavy atom. The molecule has 1 aromatic rings. The quantitative estimate of drug-likeness (QED) is 0.0968. The van der Waals surface area contributed by atoms with Gasteiger partial charge in [0.1, 0.15) is 0 Å². The van der Waals surface area contributed by atoms with Crippen LogP contribution in [0.3, 0.4) is 0 Å². The Morgan fingerprint density at radius 3 is 1.26 bits per heavy atom.